The highest BCUT2D eigenvalue weighted by Gasteiger charge is 2.19. The van der Waals surface area contributed by atoms with E-state index in [1.165, 1.54) is 6.20 Å². The molecule has 1 atom stereocenters. The first kappa shape index (κ1) is 15.9. The third-order valence-corrected chi connectivity index (χ3v) is 4.70. The third kappa shape index (κ3) is 3.57. The Kier molecular flexibility index (Phi) is 4.58. The molecule has 0 aliphatic carbocycles. The van der Waals surface area contributed by atoms with E-state index in [9.17, 15) is 13.2 Å². The number of carbonyl (C=O) groups is 1. The maximum absolute atomic E-state index is 12.0. The van der Waals surface area contributed by atoms with E-state index < -0.39 is 9.05 Å². The number of para-hydroxylation sites is 1. The van der Waals surface area contributed by atoms with E-state index in [1.807, 2.05) is 13.8 Å². The van der Waals surface area contributed by atoms with Gasteiger partial charge in [0.25, 0.3) is 9.05 Å². The van der Waals surface area contributed by atoms with E-state index in [4.69, 9.17) is 10.7 Å². The summed E-state index contributed by atoms with van der Waals surface area (Å²) in [6.07, 6.45) is 2.24. The van der Waals surface area contributed by atoms with Gasteiger partial charge >= 0.3 is 0 Å². The molecule has 1 unspecified atom stereocenters. The molecule has 0 aliphatic heterocycles. The number of benzene rings is 1. The molecule has 1 amide bonds. The van der Waals surface area contributed by atoms with Gasteiger partial charge in [-0.25, -0.2) is 8.42 Å². The van der Waals surface area contributed by atoms with Gasteiger partial charge in [-0.05, 0) is 19.4 Å². The molecular weight excluding hydrogens is 312 g/mol. The van der Waals surface area contributed by atoms with E-state index in [-0.39, 0.29) is 23.4 Å². The van der Waals surface area contributed by atoms with Crippen molar-refractivity contribution in [1.29, 1.82) is 0 Å². The van der Waals surface area contributed by atoms with Crippen molar-refractivity contribution in [2.24, 2.45) is 0 Å². The molecule has 0 fully saturated rings. The number of amides is 1. The maximum Gasteiger partial charge on any atom is 0.263 e. The summed E-state index contributed by atoms with van der Waals surface area (Å²) in [5.41, 5.74) is 0.663. The average molecular weight is 329 g/mol. The van der Waals surface area contributed by atoms with Gasteiger partial charge in [0.05, 0.1) is 0 Å². The molecule has 2 aromatic rings. The van der Waals surface area contributed by atoms with Crippen molar-refractivity contribution in [2.75, 3.05) is 0 Å². The summed E-state index contributed by atoms with van der Waals surface area (Å²) in [6.45, 7) is 3.95. The number of fused-ring (bicyclic) bond motifs is 1. The minimum Gasteiger partial charge on any atom is -0.352 e. The number of nitrogens with zero attached hydrogens (tertiary/aromatic N) is 1. The summed E-state index contributed by atoms with van der Waals surface area (Å²) in [4.78, 5) is 12.0. The van der Waals surface area contributed by atoms with Crippen LogP contribution in [0.2, 0.25) is 0 Å². The molecule has 0 radical (unpaired) electrons. The van der Waals surface area contributed by atoms with Crippen molar-refractivity contribution < 1.29 is 13.2 Å². The standard InChI is InChI=1S/C14H17ClN2O3S/c1-3-10(2)16-14(18)9-17-8-13(21(15,19)20)11-6-4-5-7-12(11)17/h4-8,10H,3,9H2,1-2H3,(H,16,18). The number of carbonyl (C=O) groups excluding carboxylic acids is 1. The molecular formula is C14H17ClN2O3S. The van der Waals surface area contributed by atoms with Crippen molar-refractivity contribution in [1.82, 2.24) is 9.88 Å². The molecule has 0 bridgehead atoms. The number of aromatic nitrogens is 1. The van der Waals surface area contributed by atoms with Crippen LogP contribution in [0.1, 0.15) is 20.3 Å². The van der Waals surface area contributed by atoms with Crippen molar-refractivity contribution >= 4 is 36.5 Å². The van der Waals surface area contributed by atoms with Crippen LogP contribution >= 0.6 is 10.7 Å². The molecule has 0 saturated heterocycles. The van der Waals surface area contributed by atoms with Crippen LogP contribution in [0.25, 0.3) is 10.9 Å². The van der Waals surface area contributed by atoms with Crippen molar-refractivity contribution in [2.45, 2.75) is 37.8 Å². The minimum atomic E-state index is -3.85. The normalized spacial score (nSPS) is 13.3. The molecule has 1 aromatic carbocycles. The topological polar surface area (TPSA) is 68.2 Å². The van der Waals surface area contributed by atoms with Crippen LogP contribution in [-0.2, 0) is 20.4 Å². The summed E-state index contributed by atoms with van der Waals surface area (Å²) < 4.78 is 24.8. The lowest BCUT2D eigenvalue weighted by Gasteiger charge is -2.12. The zero-order valence-electron chi connectivity index (χ0n) is 11.8. The molecule has 5 nitrogen and oxygen atoms in total. The van der Waals surface area contributed by atoms with E-state index in [0.717, 1.165) is 6.42 Å². The van der Waals surface area contributed by atoms with E-state index in [2.05, 4.69) is 5.32 Å². The predicted molar refractivity (Wildman–Crippen MR) is 82.9 cm³/mol. The number of hydrogen-bond acceptors (Lipinski definition) is 3. The highest BCUT2D eigenvalue weighted by molar-refractivity contribution is 8.14. The van der Waals surface area contributed by atoms with Gasteiger partial charge in [-0.2, -0.15) is 0 Å². The Morgan fingerprint density at radius 1 is 1.38 bits per heavy atom. The van der Waals surface area contributed by atoms with E-state index in [0.29, 0.717) is 10.9 Å². The fourth-order valence-electron chi connectivity index (χ4n) is 2.12. The highest BCUT2D eigenvalue weighted by Crippen LogP contribution is 2.27. The Morgan fingerprint density at radius 3 is 2.67 bits per heavy atom. The van der Waals surface area contributed by atoms with Crippen LogP contribution in [0.3, 0.4) is 0 Å². The lowest BCUT2D eigenvalue weighted by molar-refractivity contribution is -0.122. The summed E-state index contributed by atoms with van der Waals surface area (Å²) in [5, 5.41) is 3.37. The minimum absolute atomic E-state index is 0.0242. The Labute approximate surface area is 128 Å². The third-order valence-electron chi connectivity index (χ3n) is 3.35. The van der Waals surface area contributed by atoms with Crippen molar-refractivity contribution in [3.63, 3.8) is 0 Å². The van der Waals surface area contributed by atoms with Gasteiger partial charge in [0.1, 0.15) is 11.4 Å². The summed E-state index contributed by atoms with van der Waals surface area (Å²) in [7, 11) is 1.60. The predicted octanol–water partition coefficient (Wildman–Crippen LogP) is 2.48. The van der Waals surface area contributed by atoms with Crippen molar-refractivity contribution in [3.05, 3.63) is 30.5 Å². The molecule has 1 heterocycles. The Bertz CT molecular complexity index is 768. The van der Waals surface area contributed by atoms with Crippen LogP contribution in [0, 0.1) is 0 Å². The molecule has 1 N–H and O–H groups in total. The van der Waals surface area contributed by atoms with Gasteiger partial charge in [0, 0.05) is 33.8 Å². The first-order valence-corrected chi connectivity index (χ1v) is 8.95. The van der Waals surface area contributed by atoms with Gasteiger partial charge < -0.3 is 9.88 Å². The van der Waals surface area contributed by atoms with Gasteiger partial charge in [-0.1, -0.05) is 25.1 Å². The van der Waals surface area contributed by atoms with Gasteiger partial charge in [0.2, 0.25) is 5.91 Å². The lowest BCUT2D eigenvalue weighted by atomic mass is 10.2. The molecule has 0 saturated carbocycles. The second-order valence-electron chi connectivity index (χ2n) is 4.95. The number of nitrogens with one attached hydrogen (secondary N) is 1. The average Bonchev–Trinajstić information content (AvgIpc) is 2.77. The molecule has 2 rings (SSSR count). The molecule has 1 aromatic heterocycles. The van der Waals surface area contributed by atoms with Crippen LogP contribution < -0.4 is 5.32 Å². The summed E-state index contributed by atoms with van der Waals surface area (Å²) in [6, 6.07) is 7.04. The smallest absolute Gasteiger partial charge is 0.263 e. The van der Waals surface area contributed by atoms with Crippen LogP contribution in [0.5, 0.6) is 0 Å². The first-order valence-electron chi connectivity index (χ1n) is 6.64. The van der Waals surface area contributed by atoms with Gasteiger partial charge in [0.15, 0.2) is 0 Å². The van der Waals surface area contributed by atoms with Crippen molar-refractivity contribution in [3.8, 4) is 0 Å². The Hall–Kier alpha value is -1.53. The molecule has 0 aliphatic rings. The fourth-order valence-corrected chi connectivity index (χ4v) is 3.17. The van der Waals surface area contributed by atoms with Crippen LogP contribution in [0.15, 0.2) is 35.4 Å². The lowest BCUT2D eigenvalue weighted by Crippen LogP contribution is -2.34. The van der Waals surface area contributed by atoms with Gasteiger partial charge in [-0.15, -0.1) is 0 Å². The maximum atomic E-state index is 12.0. The largest absolute Gasteiger partial charge is 0.352 e. The highest BCUT2D eigenvalue weighted by atomic mass is 35.7. The number of hydrogen-bond donors (Lipinski definition) is 1. The number of rotatable bonds is 5. The molecule has 21 heavy (non-hydrogen) atoms. The Balaban J connectivity index is 2.39. The van der Waals surface area contributed by atoms with Gasteiger partial charge in [-0.3, -0.25) is 4.79 Å². The zero-order valence-corrected chi connectivity index (χ0v) is 13.4. The van der Waals surface area contributed by atoms with E-state index >= 15 is 0 Å². The zero-order chi connectivity index (χ0) is 15.6. The fraction of sp³-hybridized carbons (Fsp3) is 0.357. The second-order valence-corrected chi connectivity index (χ2v) is 7.49. The summed E-state index contributed by atoms with van der Waals surface area (Å²) in [5.74, 6) is -0.163. The quantitative estimate of drug-likeness (QED) is 0.857. The molecule has 114 valence electrons. The second kappa shape index (κ2) is 6.07. The van der Waals surface area contributed by atoms with E-state index in [1.54, 1.807) is 28.8 Å². The Morgan fingerprint density at radius 2 is 2.05 bits per heavy atom. The van der Waals surface area contributed by atoms with Crippen LogP contribution in [0.4, 0.5) is 0 Å². The first-order chi connectivity index (χ1) is 9.82. The summed E-state index contributed by atoms with van der Waals surface area (Å²) >= 11 is 0. The van der Waals surface area contributed by atoms with Crippen LogP contribution in [-0.4, -0.2) is 24.9 Å². The monoisotopic (exact) mass is 328 g/mol. The number of halogens is 1. The molecule has 0 spiro atoms. The SMILES string of the molecule is CCC(C)NC(=O)Cn1cc(S(=O)(=O)Cl)c2ccccc21. The molecule has 7 heteroatoms.